The van der Waals surface area contributed by atoms with Gasteiger partial charge in [0.1, 0.15) is 4.88 Å². The number of morpholine rings is 1. The van der Waals surface area contributed by atoms with E-state index in [1.807, 2.05) is 6.92 Å². The maximum absolute atomic E-state index is 12.4. The van der Waals surface area contributed by atoms with Crippen LogP contribution in [0, 0.1) is 12.8 Å². The number of aromatic nitrogens is 1. The molecule has 1 saturated heterocycles. The first-order valence-electron chi connectivity index (χ1n) is 8.46. The second kappa shape index (κ2) is 8.22. The molecule has 5 nitrogen and oxygen atoms in total. The average Bonchev–Trinajstić information content (AvgIpc) is 2.87. The Hall–Kier alpha value is -0.980. The topological polar surface area (TPSA) is 54.5 Å². The van der Waals surface area contributed by atoms with Crippen molar-refractivity contribution in [3.63, 3.8) is 0 Å². The first-order valence-corrected chi connectivity index (χ1v) is 9.28. The largest absolute Gasteiger partial charge is 0.374 e. The Kier molecular flexibility index (Phi) is 6.56. The number of carbonyl (C=O) groups excluding carboxylic acids is 1. The van der Waals surface area contributed by atoms with E-state index in [9.17, 15) is 4.79 Å². The van der Waals surface area contributed by atoms with Crippen LogP contribution in [-0.4, -0.2) is 54.7 Å². The van der Waals surface area contributed by atoms with Crippen LogP contribution in [0.3, 0.4) is 0 Å². The molecule has 0 radical (unpaired) electrons. The number of nitrogens with one attached hydrogen (secondary N) is 1. The molecule has 1 aromatic heterocycles. The van der Waals surface area contributed by atoms with Crippen LogP contribution in [-0.2, 0) is 4.74 Å². The van der Waals surface area contributed by atoms with Crippen molar-refractivity contribution < 1.29 is 9.53 Å². The van der Waals surface area contributed by atoms with E-state index in [1.54, 1.807) is 0 Å². The van der Waals surface area contributed by atoms with E-state index in [0.29, 0.717) is 18.4 Å². The van der Waals surface area contributed by atoms with Crippen LogP contribution in [0.4, 0.5) is 0 Å². The zero-order valence-electron chi connectivity index (χ0n) is 14.9. The fourth-order valence-electron chi connectivity index (χ4n) is 2.75. The molecule has 130 valence electrons. The fourth-order valence-corrected chi connectivity index (χ4v) is 3.73. The van der Waals surface area contributed by atoms with E-state index in [2.05, 4.69) is 42.9 Å². The lowest BCUT2D eigenvalue weighted by Gasteiger charge is -2.33. The Labute approximate surface area is 143 Å². The SMILES string of the molecule is Cc1nc(C(C)C)sc1C(=O)NCC1CN(CC(C)C)CCO1. The molecule has 1 unspecified atom stereocenters. The van der Waals surface area contributed by atoms with E-state index < -0.39 is 0 Å². The second-order valence-electron chi connectivity index (χ2n) is 6.98. The molecule has 0 bridgehead atoms. The van der Waals surface area contributed by atoms with Crippen molar-refractivity contribution >= 4 is 17.2 Å². The van der Waals surface area contributed by atoms with Gasteiger partial charge in [0, 0.05) is 32.1 Å². The van der Waals surface area contributed by atoms with Crippen LogP contribution in [0.25, 0.3) is 0 Å². The summed E-state index contributed by atoms with van der Waals surface area (Å²) in [4.78, 5) is 20.0. The summed E-state index contributed by atoms with van der Waals surface area (Å²) >= 11 is 1.50. The Balaban J connectivity index is 1.86. The molecule has 1 aromatic rings. The Morgan fingerprint density at radius 1 is 1.43 bits per heavy atom. The van der Waals surface area contributed by atoms with Crippen LogP contribution in [0.2, 0.25) is 0 Å². The molecule has 1 atom stereocenters. The molecule has 1 amide bonds. The van der Waals surface area contributed by atoms with Crippen molar-refractivity contribution in [1.29, 1.82) is 0 Å². The van der Waals surface area contributed by atoms with Gasteiger partial charge in [0.15, 0.2) is 0 Å². The zero-order chi connectivity index (χ0) is 17.0. The number of hydrogen-bond acceptors (Lipinski definition) is 5. The first-order chi connectivity index (χ1) is 10.9. The number of rotatable bonds is 6. The lowest BCUT2D eigenvalue weighted by Crippen LogP contribution is -2.48. The summed E-state index contributed by atoms with van der Waals surface area (Å²) in [7, 11) is 0. The lowest BCUT2D eigenvalue weighted by atomic mass is 10.2. The normalized spacial score (nSPS) is 19.5. The molecular weight excluding hydrogens is 310 g/mol. The van der Waals surface area contributed by atoms with E-state index in [-0.39, 0.29) is 12.0 Å². The molecule has 6 heteroatoms. The third-order valence-corrected chi connectivity index (χ3v) is 5.31. The molecule has 23 heavy (non-hydrogen) atoms. The van der Waals surface area contributed by atoms with E-state index in [4.69, 9.17) is 4.74 Å². The molecule has 2 heterocycles. The van der Waals surface area contributed by atoms with Gasteiger partial charge < -0.3 is 10.1 Å². The maximum Gasteiger partial charge on any atom is 0.263 e. The van der Waals surface area contributed by atoms with Gasteiger partial charge >= 0.3 is 0 Å². The van der Waals surface area contributed by atoms with Gasteiger partial charge in [-0.2, -0.15) is 0 Å². The van der Waals surface area contributed by atoms with E-state index >= 15 is 0 Å². The summed E-state index contributed by atoms with van der Waals surface area (Å²) < 4.78 is 5.78. The van der Waals surface area contributed by atoms with Crippen molar-refractivity contribution in [3.05, 3.63) is 15.6 Å². The smallest absolute Gasteiger partial charge is 0.263 e. The second-order valence-corrected chi connectivity index (χ2v) is 8.01. The molecule has 0 saturated carbocycles. The number of ether oxygens (including phenoxy) is 1. The number of aryl methyl sites for hydroxylation is 1. The molecule has 2 rings (SSSR count). The van der Waals surface area contributed by atoms with Crippen molar-refractivity contribution in [3.8, 4) is 0 Å². The number of thiazole rings is 1. The van der Waals surface area contributed by atoms with Crippen molar-refractivity contribution in [2.45, 2.75) is 46.6 Å². The van der Waals surface area contributed by atoms with Gasteiger partial charge in [0.25, 0.3) is 5.91 Å². The summed E-state index contributed by atoms with van der Waals surface area (Å²) in [5.41, 5.74) is 0.821. The van der Waals surface area contributed by atoms with Crippen LogP contribution >= 0.6 is 11.3 Å². The molecule has 0 aliphatic carbocycles. The zero-order valence-corrected chi connectivity index (χ0v) is 15.7. The highest BCUT2D eigenvalue weighted by molar-refractivity contribution is 7.13. The first kappa shape index (κ1) is 18.4. The fraction of sp³-hybridized carbons (Fsp3) is 0.765. The molecule has 1 N–H and O–H groups in total. The van der Waals surface area contributed by atoms with Gasteiger partial charge in [0.2, 0.25) is 0 Å². The lowest BCUT2D eigenvalue weighted by molar-refractivity contribution is -0.0295. The third kappa shape index (κ3) is 5.26. The van der Waals surface area contributed by atoms with Crippen LogP contribution in [0.15, 0.2) is 0 Å². The highest BCUT2D eigenvalue weighted by atomic mass is 32.1. The van der Waals surface area contributed by atoms with Crippen molar-refractivity contribution in [2.24, 2.45) is 5.92 Å². The summed E-state index contributed by atoms with van der Waals surface area (Å²) in [6.45, 7) is 14.8. The summed E-state index contributed by atoms with van der Waals surface area (Å²) in [5, 5.41) is 4.03. The van der Waals surface area contributed by atoms with E-state index in [0.717, 1.165) is 41.8 Å². The number of amides is 1. The monoisotopic (exact) mass is 339 g/mol. The Morgan fingerprint density at radius 2 is 2.17 bits per heavy atom. The number of nitrogens with zero attached hydrogens (tertiary/aromatic N) is 2. The van der Waals surface area contributed by atoms with Gasteiger partial charge in [-0.3, -0.25) is 9.69 Å². The van der Waals surface area contributed by atoms with Crippen molar-refractivity contribution in [2.75, 3.05) is 32.8 Å². The minimum Gasteiger partial charge on any atom is -0.374 e. The van der Waals surface area contributed by atoms with Crippen LogP contribution in [0.1, 0.15) is 54.0 Å². The van der Waals surface area contributed by atoms with E-state index in [1.165, 1.54) is 11.3 Å². The Bertz CT molecular complexity index is 528. The third-order valence-electron chi connectivity index (χ3n) is 3.85. The minimum atomic E-state index is -0.0310. The van der Waals surface area contributed by atoms with Crippen LogP contribution < -0.4 is 5.32 Å². The number of hydrogen-bond donors (Lipinski definition) is 1. The maximum atomic E-state index is 12.4. The molecular formula is C17H29N3O2S. The predicted octanol–water partition coefficient (Wildman–Crippen LogP) is 2.66. The van der Waals surface area contributed by atoms with Gasteiger partial charge in [-0.05, 0) is 12.8 Å². The van der Waals surface area contributed by atoms with Gasteiger partial charge in [-0.25, -0.2) is 4.98 Å². The van der Waals surface area contributed by atoms with Crippen molar-refractivity contribution in [1.82, 2.24) is 15.2 Å². The summed E-state index contributed by atoms with van der Waals surface area (Å²) in [5.74, 6) is 0.973. The quantitative estimate of drug-likeness (QED) is 0.866. The van der Waals surface area contributed by atoms with Gasteiger partial charge in [-0.1, -0.05) is 27.7 Å². The van der Waals surface area contributed by atoms with Gasteiger partial charge in [-0.15, -0.1) is 11.3 Å². The molecule has 0 spiro atoms. The molecule has 1 aliphatic heterocycles. The minimum absolute atomic E-state index is 0.0310. The van der Waals surface area contributed by atoms with Crippen LogP contribution in [0.5, 0.6) is 0 Å². The standard InChI is InChI=1S/C17H29N3O2S/c1-11(2)9-20-6-7-22-14(10-20)8-18-16(21)15-13(5)19-17(23-15)12(3)4/h11-12,14H,6-10H2,1-5H3,(H,18,21). The predicted molar refractivity (Wildman–Crippen MR) is 94.3 cm³/mol. The average molecular weight is 340 g/mol. The molecule has 1 fully saturated rings. The highest BCUT2D eigenvalue weighted by Gasteiger charge is 2.23. The molecule has 1 aliphatic rings. The van der Waals surface area contributed by atoms with Gasteiger partial charge in [0.05, 0.1) is 23.4 Å². The Morgan fingerprint density at radius 3 is 2.78 bits per heavy atom. The summed E-state index contributed by atoms with van der Waals surface area (Å²) in [6, 6.07) is 0. The highest BCUT2D eigenvalue weighted by Crippen LogP contribution is 2.24. The molecule has 0 aromatic carbocycles. The summed E-state index contributed by atoms with van der Waals surface area (Å²) in [6.07, 6.45) is 0.0734. The number of carbonyl (C=O) groups is 1.